The van der Waals surface area contributed by atoms with Crippen molar-refractivity contribution in [2.75, 3.05) is 5.32 Å². The van der Waals surface area contributed by atoms with E-state index >= 15 is 0 Å². The van der Waals surface area contributed by atoms with Crippen molar-refractivity contribution in [1.29, 1.82) is 0 Å². The molecule has 0 spiro atoms. The number of amides is 1. The number of nitro benzene ring substituents is 1. The molecule has 4 aromatic rings. The average Bonchev–Trinajstić information content (AvgIpc) is 3.37. The Bertz CT molecular complexity index is 1580. The first-order chi connectivity index (χ1) is 18.4. The Morgan fingerprint density at radius 3 is 2.21 bits per heavy atom. The molecular weight excluding hydrogens is 637 g/mol. The number of anilines is 1. The predicted molar refractivity (Wildman–Crippen MR) is 152 cm³/mol. The molecule has 0 saturated heterocycles. The number of hydrogen-bond donors (Lipinski definition) is 1. The van der Waals surface area contributed by atoms with E-state index in [9.17, 15) is 14.9 Å². The Hall–Kier alpha value is -2.85. The maximum atomic E-state index is 12.8. The van der Waals surface area contributed by atoms with Crippen LogP contribution in [0.3, 0.4) is 0 Å². The summed E-state index contributed by atoms with van der Waals surface area (Å²) in [5.41, 5.74) is 0.571. The van der Waals surface area contributed by atoms with Crippen LogP contribution in [0.2, 0.25) is 30.1 Å². The van der Waals surface area contributed by atoms with Crippen LogP contribution in [-0.4, -0.2) is 10.8 Å². The largest absolute Gasteiger partial charge is 0.482 e. The highest BCUT2D eigenvalue weighted by Crippen LogP contribution is 2.48. The van der Waals surface area contributed by atoms with Crippen LogP contribution in [0.5, 0.6) is 17.2 Å². The lowest BCUT2D eigenvalue weighted by Gasteiger charge is -2.12. The van der Waals surface area contributed by atoms with Gasteiger partial charge in [0.1, 0.15) is 33.9 Å². The maximum absolute atomic E-state index is 12.8. The third-order valence-electron chi connectivity index (χ3n) is 5.14. The van der Waals surface area contributed by atoms with E-state index in [4.69, 9.17) is 83.5 Å². The van der Waals surface area contributed by atoms with Crippen molar-refractivity contribution in [2.24, 2.45) is 0 Å². The van der Waals surface area contributed by atoms with E-state index in [1.807, 2.05) is 0 Å². The van der Waals surface area contributed by atoms with Crippen molar-refractivity contribution < 1.29 is 23.6 Å². The molecule has 0 bridgehead atoms. The van der Waals surface area contributed by atoms with Gasteiger partial charge in [-0.05, 0) is 42.8 Å². The van der Waals surface area contributed by atoms with Crippen LogP contribution >= 0.6 is 69.6 Å². The Morgan fingerprint density at radius 2 is 1.56 bits per heavy atom. The van der Waals surface area contributed by atoms with Crippen LogP contribution in [-0.2, 0) is 6.61 Å². The molecule has 0 fully saturated rings. The smallest absolute Gasteiger partial charge is 0.291 e. The number of furan rings is 1. The molecular formula is C25H14Cl6N2O6. The van der Waals surface area contributed by atoms with Crippen LogP contribution in [0.1, 0.15) is 21.9 Å². The quantitative estimate of drug-likeness (QED) is 0.0881. The van der Waals surface area contributed by atoms with Gasteiger partial charge in [-0.2, -0.15) is 0 Å². The standard InChI is InChI=1S/C25H14Cl6N2O6/c1-11-6-14(2-4-17(11)26)38-16-8-12(7-13(9-16)33(35)36)32-25(34)18-5-3-15(39-18)10-37-24-22(30)20(28)19(27)21(29)23(24)31/h2-9H,10H2,1H3,(H,32,34). The molecule has 0 saturated carbocycles. The second kappa shape index (κ2) is 12.1. The van der Waals surface area contributed by atoms with E-state index in [1.165, 1.54) is 30.3 Å². The van der Waals surface area contributed by atoms with Crippen molar-refractivity contribution >= 4 is 86.9 Å². The monoisotopic (exact) mass is 648 g/mol. The zero-order chi connectivity index (χ0) is 28.4. The van der Waals surface area contributed by atoms with Gasteiger partial charge < -0.3 is 19.2 Å². The summed E-state index contributed by atoms with van der Waals surface area (Å²) in [4.78, 5) is 23.7. The Kier molecular flexibility index (Phi) is 9.06. The fourth-order valence-corrected chi connectivity index (χ4v) is 4.61. The highest BCUT2D eigenvalue weighted by atomic mass is 35.5. The fourth-order valence-electron chi connectivity index (χ4n) is 3.26. The number of nitro groups is 1. The summed E-state index contributed by atoms with van der Waals surface area (Å²) in [5, 5.41) is 14.4. The molecule has 0 atom stereocenters. The molecule has 14 heteroatoms. The van der Waals surface area contributed by atoms with Crippen LogP contribution < -0.4 is 14.8 Å². The maximum Gasteiger partial charge on any atom is 0.291 e. The normalized spacial score (nSPS) is 10.8. The van der Waals surface area contributed by atoms with E-state index in [0.717, 1.165) is 5.56 Å². The first kappa shape index (κ1) is 29.1. The van der Waals surface area contributed by atoms with Crippen molar-refractivity contribution in [2.45, 2.75) is 13.5 Å². The topological polar surface area (TPSA) is 104 Å². The van der Waals surface area contributed by atoms with Crippen molar-refractivity contribution in [1.82, 2.24) is 0 Å². The van der Waals surface area contributed by atoms with Gasteiger partial charge in [-0.3, -0.25) is 14.9 Å². The van der Waals surface area contributed by atoms with Gasteiger partial charge >= 0.3 is 0 Å². The second-order valence-corrected chi connectivity index (χ2v) is 10.2. The fraction of sp³-hybridized carbons (Fsp3) is 0.0800. The molecule has 1 amide bonds. The molecule has 3 aromatic carbocycles. The summed E-state index contributed by atoms with van der Waals surface area (Å²) in [6.45, 7) is 1.61. The van der Waals surface area contributed by atoms with Gasteiger partial charge in [-0.25, -0.2) is 0 Å². The molecule has 0 aliphatic heterocycles. The number of halogens is 6. The van der Waals surface area contributed by atoms with Crippen LogP contribution in [0, 0.1) is 17.0 Å². The Balaban J connectivity index is 1.49. The molecule has 1 aromatic heterocycles. The molecule has 1 heterocycles. The summed E-state index contributed by atoms with van der Waals surface area (Å²) in [6.07, 6.45) is 0. The molecule has 0 unspecified atom stereocenters. The van der Waals surface area contributed by atoms with Gasteiger partial charge in [0.15, 0.2) is 11.5 Å². The highest BCUT2D eigenvalue weighted by molar-refractivity contribution is 6.55. The number of nitrogens with zero attached hydrogens (tertiary/aromatic N) is 1. The molecule has 202 valence electrons. The minimum absolute atomic E-state index is 0.0138. The molecule has 1 N–H and O–H groups in total. The lowest BCUT2D eigenvalue weighted by molar-refractivity contribution is -0.384. The molecule has 0 aliphatic carbocycles. The summed E-state index contributed by atoms with van der Waals surface area (Å²) >= 11 is 36.4. The van der Waals surface area contributed by atoms with Crippen LogP contribution in [0.15, 0.2) is 52.9 Å². The average molecular weight is 651 g/mol. The predicted octanol–water partition coefficient (Wildman–Crippen LogP) is 10.0. The van der Waals surface area contributed by atoms with E-state index < -0.39 is 10.8 Å². The van der Waals surface area contributed by atoms with Gasteiger partial charge in [0, 0.05) is 17.2 Å². The number of ether oxygens (including phenoxy) is 2. The molecule has 0 aliphatic rings. The van der Waals surface area contributed by atoms with E-state index in [-0.39, 0.29) is 66.1 Å². The number of nitrogens with one attached hydrogen (secondary N) is 1. The van der Waals surface area contributed by atoms with Gasteiger partial charge in [-0.1, -0.05) is 69.6 Å². The first-order valence-corrected chi connectivity index (χ1v) is 13.0. The number of carbonyl (C=O) groups excluding carboxylic acids is 1. The van der Waals surface area contributed by atoms with E-state index in [1.54, 1.807) is 25.1 Å². The summed E-state index contributed by atoms with van der Waals surface area (Å²) in [5.74, 6) is -0.0163. The summed E-state index contributed by atoms with van der Waals surface area (Å²) in [6, 6.07) is 11.7. The molecule has 0 radical (unpaired) electrons. The lowest BCUT2D eigenvalue weighted by atomic mass is 10.2. The first-order valence-electron chi connectivity index (χ1n) is 10.7. The molecule has 4 rings (SSSR count). The van der Waals surface area contributed by atoms with Gasteiger partial charge in [0.2, 0.25) is 0 Å². The van der Waals surface area contributed by atoms with E-state index in [0.29, 0.717) is 10.8 Å². The lowest BCUT2D eigenvalue weighted by Crippen LogP contribution is -2.11. The van der Waals surface area contributed by atoms with Gasteiger partial charge in [0.05, 0.1) is 31.7 Å². The third-order valence-corrected chi connectivity index (χ3v) is 7.80. The number of non-ortho nitro benzene ring substituents is 1. The van der Waals surface area contributed by atoms with Crippen molar-refractivity contribution in [3.63, 3.8) is 0 Å². The highest BCUT2D eigenvalue weighted by Gasteiger charge is 2.22. The van der Waals surface area contributed by atoms with Gasteiger partial charge in [-0.15, -0.1) is 0 Å². The number of hydrogen-bond acceptors (Lipinski definition) is 6. The molecule has 39 heavy (non-hydrogen) atoms. The summed E-state index contributed by atoms with van der Waals surface area (Å²) in [7, 11) is 0. The number of carbonyl (C=O) groups is 1. The Labute approximate surface area is 251 Å². The van der Waals surface area contributed by atoms with Gasteiger partial charge in [0.25, 0.3) is 11.6 Å². The second-order valence-electron chi connectivity index (χ2n) is 7.89. The van der Waals surface area contributed by atoms with Crippen molar-refractivity contribution in [3.05, 3.63) is 106 Å². The Morgan fingerprint density at radius 1 is 0.897 bits per heavy atom. The third kappa shape index (κ3) is 6.66. The number of rotatable bonds is 8. The minimum Gasteiger partial charge on any atom is -0.482 e. The number of aryl methyl sites for hydroxylation is 1. The van der Waals surface area contributed by atoms with E-state index in [2.05, 4.69) is 5.32 Å². The SMILES string of the molecule is Cc1cc(Oc2cc(NC(=O)c3ccc(COc4c(Cl)c(Cl)c(Cl)c(Cl)c4Cl)o3)cc([N+](=O)[O-])c2)ccc1Cl. The summed E-state index contributed by atoms with van der Waals surface area (Å²) < 4.78 is 16.9. The zero-order valence-corrected chi connectivity index (χ0v) is 24.0. The molecule has 8 nitrogen and oxygen atoms in total. The van der Waals surface area contributed by atoms with Crippen LogP contribution in [0.4, 0.5) is 11.4 Å². The van der Waals surface area contributed by atoms with Crippen LogP contribution in [0.25, 0.3) is 0 Å². The number of benzene rings is 3. The minimum atomic E-state index is -0.677. The zero-order valence-electron chi connectivity index (χ0n) is 19.5. The van der Waals surface area contributed by atoms with Crippen molar-refractivity contribution in [3.8, 4) is 17.2 Å².